The lowest BCUT2D eigenvalue weighted by Gasteiger charge is -2.39. The maximum Gasteiger partial charge on any atom is 0.255 e. The first-order chi connectivity index (χ1) is 13.0. The van der Waals surface area contributed by atoms with Crippen LogP contribution in [0, 0.1) is 12.3 Å². The molecule has 148 valence electrons. The quantitative estimate of drug-likeness (QED) is 0.808. The van der Waals surface area contributed by atoms with Gasteiger partial charge in [0.05, 0.1) is 18.8 Å². The molecule has 3 aliphatic heterocycles. The van der Waals surface area contributed by atoms with Crippen molar-refractivity contribution in [3.8, 4) is 0 Å². The van der Waals surface area contributed by atoms with Crippen LogP contribution < -0.4 is 0 Å². The molecular formula is C21H32N4O2. The van der Waals surface area contributed by atoms with E-state index >= 15 is 0 Å². The lowest BCUT2D eigenvalue weighted by atomic mass is 9.76. The molecule has 0 N–H and O–H groups in total. The standard InChI is InChI=1S/C21H32N4O2/c1-17-3-4-18(14-22-17)20(26)25-7-5-21(6-8-25)13-19(23(2)16-21)15-24-9-11-27-12-10-24/h3-4,14,19H,5-13,15-16H2,1-2H3. The largest absolute Gasteiger partial charge is 0.379 e. The summed E-state index contributed by atoms with van der Waals surface area (Å²) in [5, 5.41) is 0. The van der Waals surface area contributed by atoms with Gasteiger partial charge >= 0.3 is 0 Å². The Hall–Kier alpha value is -1.50. The molecule has 0 radical (unpaired) electrons. The Morgan fingerprint density at radius 2 is 1.96 bits per heavy atom. The molecule has 0 bridgehead atoms. The SMILES string of the molecule is Cc1ccc(C(=O)N2CCC3(CC2)CC(CN2CCOCC2)N(C)C3)cn1. The highest BCUT2D eigenvalue weighted by Gasteiger charge is 2.45. The molecule has 1 aromatic rings. The van der Waals surface area contributed by atoms with Crippen LogP contribution in [0.4, 0.5) is 0 Å². The zero-order chi connectivity index (χ0) is 18.9. The Balaban J connectivity index is 1.32. The lowest BCUT2D eigenvalue weighted by molar-refractivity contribution is 0.0283. The fourth-order valence-electron chi connectivity index (χ4n) is 4.99. The summed E-state index contributed by atoms with van der Waals surface area (Å²) >= 11 is 0. The van der Waals surface area contributed by atoms with Crippen LogP contribution in [0.1, 0.15) is 35.3 Å². The topological polar surface area (TPSA) is 48.9 Å². The number of likely N-dealkylation sites (tertiary alicyclic amines) is 2. The van der Waals surface area contributed by atoms with Crippen LogP contribution in [0.2, 0.25) is 0 Å². The lowest BCUT2D eigenvalue weighted by Crippen LogP contribution is -2.44. The van der Waals surface area contributed by atoms with Gasteiger partial charge < -0.3 is 14.5 Å². The number of ether oxygens (including phenoxy) is 1. The molecular weight excluding hydrogens is 340 g/mol. The number of rotatable bonds is 3. The number of nitrogens with zero attached hydrogens (tertiary/aromatic N) is 4. The molecule has 3 aliphatic rings. The molecule has 0 saturated carbocycles. The Labute approximate surface area is 162 Å². The van der Waals surface area contributed by atoms with E-state index in [2.05, 4.69) is 21.8 Å². The predicted molar refractivity (Wildman–Crippen MR) is 105 cm³/mol. The number of carbonyl (C=O) groups excluding carboxylic acids is 1. The van der Waals surface area contributed by atoms with Crippen LogP contribution in [0.25, 0.3) is 0 Å². The molecule has 1 spiro atoms. The zero-order valence-electron chi connectivity index (χ0n) is 16.7. The highest BCUT2D eigenvalue weighted by molar-refractivity contribution is 5.94. The average molecular weight is 373 g/mol. The second-order valence-corrected chi connectivity index (χ2v) is 8.67. The summed E-state index contributed by atoms with van der Waals surface area (Å²) in [6, 6.07) is 4.45. The van der Waals surface area contributed by atoms with Crippen molar-refractivity contribution in [1.29, 1.82) is 0 Å². The van der Waals surface area contributed by atoms with Gasteiger partial charge in [-0.15, -0.1) is 0 Å². The molecule has 6 heteroatoms. The smallest absolute Gasteiger partial charge is 0.255 e. The number of aromatic nitrogens is 1. The molecule has 1 atom stereocenters. The monoisotopic (exact) mass is 372 g/mol. The van der Waals surface area contributed by atoms with Crippen LogP contribution in [-0.4, -0.2) is 91.2 Å². The minimum Gasteiger partial charge on any atom is -0.379 e. The van der Waals surface area contributed by atoms with Gasteiger partial charge in [-0.1, -0.05) is 0 Å². The summed E-state index contributed by atoms with van der Waals surface area (Å²) < 4.78 is 5.48. The van der Waals surface area contributed by atoms with E-state index < -0.39 is 0 Å². The van der Waals surface area contributed by atoms with Crippen molar-refractivity contribution in [1.82, 2.24) is 19.7 Å². The molecule has 3 saturated heterocycles. The number of pyridine rings is 1. The van der Waals surface area contributed by atoms with Crippen molar-refractivity contribution in [2.24, 2.45) is 5.41 Å². The van der Waals surface area contributed by atoms with E-state index in [1.807, 2.05) is 24.0 Å². The van der Waals surface area contributed by atoms with Crippen molar-refractivity contribution in [2.75, 3.05) is 59.5 Å². The summed E-state index contributed by atoms with van der Waals surface area (Å²) in [4.78, 5) is 24.2. The maximum absolute atomic E-state index is 12.8. The third-order valence-electron chi connectivity index (χ3n) is 6.72. The second-order valence-electron chi connectivity index (χ2n) is 8.67. The van der Waals surface area contributed by atoms with Gasteiger partial charge in [0.25, 0.3) is 5.91 Å². The van der Waals surface area contributed by atoms with Gasteiger partial charge in [-0.25, -0.2) is 0 Å². The fourth-order valence-corrected chi connectivity index (χ4v) is 4.99. The number of hydrogen-bond donors (Lipinski definition) is 0. The molecule has 6 nitrogen and oxygen atoms in total. The predicted octanol–water partition coefficient (Wildman–Crippen LogP) is 1.65. The van der Waals surface area contributed by atoms with Gasteiger partial charge in [-0.2, -0.15) is 0 Å². The summed E-state index contributed by atoms with van der Waals surface area (Å²) in [5.41, 5.74) is 2.04. The van der Waals surface area contributed by atoms with Crippen molar-refractivity contribution >= 4 is 5.91 Å². The first-order valence-corrected chi connectivity index (χ1v) is 10.3. The van der Waals surface area contributed by atoms with E-state index in [0.717, 1.165) is 71.0 Å². The van der Waals surface area contributed by atoms with Crippen molar-refractivity contribution < 1.29 is 9.53 Å². The molecule has 27 heavy (non-hydrogen) atoms. The molecule has 1 aromatic heterocycles. The molecule has 0 aliphatic carbocycles. The normalized spacial score (nSPS) is 26.6. The van der Waals surface area contributed by atoms with Gasteiger partial charge in [0.2, 0.25) is 0 Å². The van der Waals surface area contributed by atoms with Crippen LogP contribution in [0.5, 0.6) is 0 Å². The van der Waals surface area contributed by atoms with Crippen molar-refractivity contribution in [3.05, 3.63) is 29.6 Å². The molecule has 3 fully saturated rings. The number of carbonyl (C=O) groups is 1. The first-order valence-electron chi connectivity index (χ1n) is 10.3. The summed E-state index contributed by atoms with van der Waals surface area (Å²) in [5.74, 6) is 0.133. The fraction of sp³-hybridized carbons (Fsp3) is 0.714. The summed E-state index contributed by atoms with van der Waals surface area (Å²) in [7, 11) is 2.27. The molecule has 1 amide bonds. The minimum atomic E-state index is 0.133. The van der Waals surface area contributed by atoms with Crippen molar-refractivity contribution in [2.45, 2.75) is 32.2 Å². The van der Waals surface area contributed by atoms with E-state index in [9.17, 15) is 4.79 Å². The van der Waals surface area contributed by atoms with E-state index in [-0.39, 0.29) is 5.91 Å². The van der Waals surface area contributed by atoms with Gasteiger partial charge in [0.1, 0.15) is 0 Å². The molecule has 4 heterocycles. The third kappa shape index (κ3) is 4.18. The van der Waals surface area contributed by atoms with Gasteiger partial charge in [0, 0.05) is 57.2 Å². The van der Waals surface area contributed by atoms with E-state index in [1.165, 1.54) is 6.42 Å². The third-order valence-corrected chi connectivity index (χ3v) is 6.72. The van der Waals surface area contributed by atoms with Crippen LogP contribution in [0.15, 0.2) is 18.3 Å². The van der Waals surface area contributed by atoms with E-state index in [4.69, 9.17) is 4.74 Å². The number of likely N-dealkylation sites (N-methyl/N-ethyl adjacent to an activating group) is 1. The first kappa shape index (κ1) is 18.8. The number of piperidine rings is 1. The molecule has 0 aromatic carbocycles. The second kappa shape index (κ2) is 7.86. The van der Waals surface area contributed by atoms with Crippen molar-refractivity contribution in [3.63, 3.8) is 0 Å². The number of aryl methyl sites for hydroxylation is 1. The Morgan fingerprint density at radius 3 is 2.63 bits per heavy atom. The van der Waals surface area contributed by atoms with Crippen LogP contribution in [-0.2, 0) is 4.74 Å². The number of hydrogen-bond acceptors (Lipinski definition) is 5. The van der Waals surface area contributed by atoms with E-state index in [0.29, 0.717) is 17.0 Å². The van der Waals surface area contributed by atoms with E-state index in [1.54, 1.807) is 6.20 Å². The Bertz CT molecular complexity index is 649. The summed E-state index contributed by atoms with van der Waals surface area (Å²) in [6.07, 6.45) is 5.20. The highest BCUT2D eigenvalue weighted by atomic mass is 16.5. The average Bonchev–Trinajstić information content (AvgIpc) is 2.98. The zero-order valence-corrected chi connectivity index (χ0v) is 16.7. The maximum atomic E-state index is 12.8. The minimum absolute atomic E-state index is 0.133. The number of amides is 1. The van der Waals surface area contributed by atoms with Crippen LogP contribution >= 0.6 is 0 Å². The van der Waals surface area contributed by atoms with Gasteiger partial charge in [0.15, 0.2) is 0 Å². The van der Waals surface area contributed by atoms with Gasteiger partial charge in [-0.05, 0) is 50.8 Å². The Kier molecular flexibility index (Phi) is 5.48. The molecule has 1 unspecified atom stereocenters. The van der Waals surface area contributed by atoms with Crippen LogP contribution in [0.3, 0.4) is 0 Å². The summed E-state index contributed by atoms with van der Waals surface area (Å²) in [6.45, 7) is 9.85. The molecule has 4 rings (SSSR count). The highest BCUT2D eigenvalue weighted by Crippen LogP contribution is 2.43. The van der Waals surface area contributed by atoms with Gasteiger partial charge in [-0.3, -0.25) is 14.7 Å². The Morgan fingerprint density at radius 1 is 1.22 bits per heavy atom. The number of morpholine rings is 1.